The van der Waals surface area contributed by atoms with Crippen LogP contribution in [0.1, 0.15) is 46.6 Å². The fraction of sp³-hybridized carbons (Fsp3) is 0.273. The summed E-state index contributed by atoms with van der Waals surface area (Å²) in [6.45, 7) is 7.55. The van der Waals surface area contributed by atoms with Crippen LogP contribution >= 0.6 is 22.7 Å². The van der Waals surface area contributed by atoms with E-state index >= 15 is 0 Å². The molecule has 0 fully saturated rings. The first kappa shape index (κ1) is 29.7. The van der Waals surface area contributed by atoms with Crippen molar-refractivity contribution in [1.29, 1.82) is 0 Å². The van der Waals surface area contributed by atoms with Crippen molar-refractivity contribution in [2.75, 3.05) is 25.0 Å². The third-order valence-electron chi connectivity index (χ3n) is 7.72. The van der Waals surface area contributed by atoms with E-state index in [9.17, 15) is 13.2 Å². The van der Waals surface area contributed by atoms with Gasteiger partial charge in [-0.05, 0) is 66.9 Å². The smallest absolute Gasteiger partial charge is 0.256 e. The quantitative estimate of drug-likeness (QED) is 0.176. The molecule has 1 N–H and O–H groups in total. The van der Waals surface area contributed by atoms with E-state index in [-0.39, 0.29) is 17.3 Å². The van der Waals surface area contributed by atoms with E-state index in [4.69, 9.17) is 4.98 Å². The summed E-state index contributed by atoms with van der Waals surface area (Å²) >= 11 is 3.27. The predicted molar refractivity (Wildman–Crippen MR) is 176 cm³/mol. The number of carbonyl (C=O) groups excluding carboxylic acids is 1. The van der Waals surface area contributed by atoms with Gasteiger partial charge in [0.2, 0.25) is 10.0 Å². The normalized spacial score (nSPS) is 13.8. The molecule has 0 bridgehead atoms. The van der Waals surface area contributed by atoms with Crippen LogP contribution in [0.3, 0.4) is 0 Å². The number of nitrogens with zero attached hydrogens (tertiary/aromatic N) is 3. The van der Waals surface area contributed by atoms with Gasteiger partial charge in [-0.3, -0.25) is 9.69 Å². The van der Waals surface area contributed by atoms with Gasteiger partial charge in [-0.15, -0.1) is 22.7 Å². The van der Waals surface area contributed by atoms with Gasteiger partial charge in [0, 0.05) is 42.2 Å². The third-order valence-corrected chi connectivity index (χ3v) is 11.8. The molecule has 6 rings (SSSR count). The maximum atomic E-state index is 13.5. The molecule has 0 atom stereocenters. The SMILES string of the molecule is CCCN1CCc2c(sc(NC(=O)c3ccc(S(=O)(=O)N(CC)Cc4ccccc4)cc3)c2-c2nc3ccccc3s2)C1. The van der Waals surface area contributed by atoms with Crippen LogP contribution in [0, 0.1) is 0 Å². The summed E-state index contributed by atoms with van der Waals surface area (Å²) in [4.78, 5) is 22.4. The van der Waals surface area contributed by atoms with Crippen molar-refractivity contribution in [2.24, 2.45) is 0 Å². The summed E-state index contributed by atoms with van der Waals surface area (Å²) in [5, 5.41) is 4.88. The highest BCUT2D eigenvalue weighted by Crippen LogP contribution is 2.45. The number of benzene rings is 3. The average Bonchev–Trinajstić information content (AvgIpc) is 3.61. The summed E-state index contributed by atoms with van der Waals surface area (Å²) < 4.78 is 29.4. The first-order valence-corrected chi connectivity index (χ1v) is 17.6. The van der Waals surface area contributed by atoms with E-state index in [1.165, 1.54) is 26.9 Å². The molecule has 1 aliphatic heterocycles. The maximum absolute atomic E-state index is 13.5. The van der Waals surface area contributed by atoms with Gasteiger partial charge in [-0.2, -0.15) is 4.31 Å². The second-order valence-electron chi connectivity index (χ2n) is 10.6. The highest BCUT2D eigenvalue weighted by atomic mass is 32.2. The fourth-order valence-corrected chi connectivity index (χ4v) is 9.35. The Hall–Kier alpha value is -3.41. The second kappa shape index (κ2) is 12.7. The third kappa shape index (κ3) is 6.16. The van der Waals surface area contributed by atoms with E-state index in [0.717, 1.165) is 63.8 Å². The lowest BCUT2D eigenvalue weighted by atomic mass is 10.0. The highest BCUT2D eigenvalue weighted by Gasteiger charge is 2.28. The van der Waals surface area contributed by atoms with Crippen LogP contribution in [0.15, 0.2) is 83.8 Å². The molecule has 0 spiro atoms. The second-order valence-corrected chi connectivity index (χ2v) is 14.7. The lowest BCUT2D eigenvalue weighted by Gasteiger charge is -2.26. The zero-order chi connectivity index (χ0) is 30.0. The molecule has 222 valence electrons. The van der Waals surface area contributed by atoms with Crippen molar-refractivity contribution in [3.63, 3.8) is 0 Å². The molecule has 2 aromatic heterocycles. The van der Waals surface area contributed by atoms with Crippen LogP contribution in [0.25, 0.3) is 20.8 Å². The van der Waals surface area contributed by atoms with Crippen molar-refractivity contribution in [3.8, 4) is 10.6 Å². The minimum atomic E-state index is -3.73. The Labute approximate surface area is 260 Å². The largest absolute Gasteiger partial charge is 0.313 e. The molecule has 1 aliphatic rings. The van der Waals surface area contributed by atoms with Crippen LogP contribution in [-0.2, 0) is 29.5 Å². The molecule has 0 saturated heterocycles. The first-order valence-electron chi connectivity index (χ1n) is 14.6. The van der Waals surface area contributed by atoms with Crippen molar-refractivity contribution in [2.45, 2.75) is 44.7 Å². The van der Waals surface area contributed by atoms with Gasteiger partial charge < -0.3 is 5.32 Å². The molecular weight excluding hydrogens is 597 g/mol. The molecule has 10 heteroatoms. The van der Waals surface area contributed by atoms with Crippen molar-refractivity contribution < 1.29 is 13.2 Å². The summed E-state index contributed by atoms with van der Waals surface area (Å²) in [6, 6.07) is 23.9. The Morgan fingerprint density at radius 1 is 0.977 bits per heavy atom. The maximum Gasteiger partial charge on any atom is 0.256 e. The van der Waals surface area contributed by atoms with E-state index < -0.39 is 10.0 Å². The van der Waals surface area contributed by atoms with E-state index in [2.05, 4.69) is 23.2 Å². The number of aromatic nitrogens is 1. The van der Waals surface area contributed by atoms with Crippen LogP contribution in [0.2, 0.25) is 0 Å². The number of thiophene rings is 1. The molecule has 1 amide bonds. The van der Waals surface area contributed by atoms with Crippen LogP contribution < -0.4 is 5.32 Å². The molecule has 3 aromatic carbocycles. The van der Waals surface area contributed by atoms with Crippen molar-refractivity contribution in [1.82, 2.24) is 14.2 Å². The van der Waals surface area contributed by atoms with Crippen LogP contribution in [0.5, 0.6) is 0 Å². The molecule has 0 saturated carbocycles. The number of fused-ring (bicyclic) bond motifs is 2. The van der Waals surface area contributed by atoms with Crippen LogP contribution in [-0.4, -0.2) is 48.1 Å². The summed E-state index contributed by atoms with van der Waals surface area (Å²) in [6.07, 6.45) is 2.01. The van der Waals surface area contributed by atoms with E-state index in [0.29, 0.717) is 12.1 Å². The molecule has 7 nitrogen and oxygen atoms in total. The Morgan fingerprint density at radius 3 is 2.44 bits per heavy atom. The Balaban J connectivity index is 1.27. The number of nitrogens with one attached hydrogen (secondary N) is 1. The van der Waals surface area contributed by atoms with Gasteiger partial charge in [0.15, 0.2) is 0 Å². The standard InChI is InChI=1S/C33H34N4O3S3/c1-3-19-36-20-18-26-29(22-36)42-33(30(26)32-34-27-12-8-9-13-28(27)41-32)35-31(38)24-14-16-25(17-15-24)43(39,40)37(4-2)21-23-10-6-5-7-11-23/h5-17H,3-4,18-22H2,1-2H3,(H,35,38). The van der Waals surface area contributed by atoms with Gasteiger partial charge >= 0.3 is 0 Å². The number of hydrogen-bond donors (Lipinski definition) is 1. The topological polar surface area (TPSA) is 82.6 Å². The molecular formula is C33H34N4O3S3. The summed E-state index contributed by atoms with van der Waals surface area (Å²) in [7, 11) is -3.73. The zero-order valence-electron chi connectivity index (χ0n) is 24.2. The molecule has 5 aromatic rings. The Kier molecular flexibility index (Phi) is 8.74. The summed E-state index contributed by atoms with van der Waals surface area (Å²) in [5.41, 5.74) is 4.56. The molecule has 3 heterocycles. The number of sulfonamides is 1. The number of carbonyl (C=O) groups is 1. The molecule has 0 unspecified atom stereocenters. The minimum absolute atomic E-state index is 0.166. The van der Waals surface area contributed by atoms with E-state index in [1.54, 1.807) is 34.8 Å². The lowest BCUT2D eigenvalue weighted by molar-refractivity contribution is 0.102. The van der Waals surface area contributed by atoms with Gasteiger partial charge in [0.25, 0.3) is 5.91 Å². The number of rotatable bonds is 10. The van der Waals surface area contributed by atoms with Crippen molar-refractivity contribution >= 4 is 53.8 Å². The minimum Gasteiger partial charge on any atom is -0.313 e. The number of amides is 1. The molecule has 43 heavy (non-hydrogen) atoms. The molecule has 0 aliphatic carbocycles. The van der Waals surface area contributed by atoms with Gasteiger partial charge in [0.05, 0.1) is 15.1 Å². The number of hydrogen-bond acceptors (Lipinski definition) is 7. The van der Waals surface area contributed by atoms with Gasteiger partial charge in [-0.25, -0.2) is 13.4 Å². The first-order chi connectivity index (χ1) is 20.9. The van der Waals surface area contributed by atoms with Crippen molar-refractivity contribution in [3.05, 3.63) is 100 Å². The summed E-state index contributed by atoms with van der Waals surface area (Å²) in [5.74, 6) is -0.271. The number of thiazole rings is 1. The predicted octanol–water partition coefficient (Wildman–Crippen LogP) is 7.26. The van der Waals surface area contributed by atoms with Crippen LogP contribution in [0.4, 0.5) is 5.00 Å². The number of anilines is 1. The average molecular weight is 631 g/mol. The monoisotopic (exact) mass is 630 g/mol. The number of para-hydroxylation sites is 1. The van der Waals surface area contributed by atoms with Gasteiger partial charge in [0.1, 0.15) is 10.0 Å². The Morgan fingerprint density at radius 2 is 1.72 bits per heavy atom. The lowest BCUT2D eigenvalue weighted by Crippen LogP contribution is -2.30. The molecule has 0 radical (unpaired) electrons. The van der Waals surface area contributed by atoms with Gasteiger partial charge in [-0.1, -0.05) is 56.3 Å². The fourth-order valence-electron chi connectivity index (χ4n) is 5.51. The highest BCUT2D eigenvalue weighted by molar-refractivity contribution is 7.89. The Bertz CT molecular complexity index is 1810. The van der Waals surface area contributed by atoms with E-state index in [1.807, 2.05) is 55.5 Å². The zero-order valence-corrected chi connectivity index (χ0v) is 26.7.